The van der Waals surface area contributed by atoms with Gasteiger partial charge in [0, 0.05) is 27.9 Å². The first-order chi connectivity index (χ1) is 16.3. The maximum Gasteiger partial charge on any atom is 0.186 e. The van der Waals surface area contributed by atoms with Crippen molar-refractivity contribution in [2.45, 2.75) is 84.8 Å². The number of ether oxygens (including phenoxy) is 1. The lowest BCUT2D eigenvalue weighted by atomic mass is 9.35. The normalized spacial score (nSPS) is 42.4. The van der Waals surface area contributed by atoms with Crippen LogP contribution in [0.15, 0.2) is 17.7 Å². The molecule has 0 heterocycles. The van der Waals surface area contributed by atoms with Crippen molar-refractivity contribution >= 4 is 11.6 Å². The van der Waals surface area contributed by atoms with E-state index in [1.807, 2.05) is 6.92 Å². The van der Waals surface area contributed by atoms with Crippen LogP contribution in [0.1, 0.15) is 88.2 Å². The maximum atomic E-state index is 13.6. The van der Waals surface area contributed by atoms with Crippen molar-refractivity contribution in [3.05, 3.63) is 34.4 Å². The molecule has 0 radical (unpaired) electrons. The van der Waals surface area contributed by atoms with Crippen molar-refractivity contribution in [3.63, 3.8) is 0 Å². The van der Waals surface area contributed by atoms with Crippen molar-refractivity contribution in [3.8, 4) is 11.5 Å². The number of allylic oxidation sites excluding steroid dienone is 2. The molecule has 3 N–H and O–H groups in total. The number of methoxy groups -OCH3 is 1. The molecule has 1 aromatic carbocycles. The predicted octanol–water partition coefficient (Wildman–Crippen LogP) is 4.47. The van der Waals surface area contributed by atoms with E-state index in [1.54, 1.807) is 12.1 Å². The van der Waals surface area contributed by atoms with Crippen LogP contribution in [0.2, 0.25) is 0 Å². The van der Waals surface area contributed by atoms with Crippen LogP contribution in [0.4, 0.5) is 0 Å². The highest BCUT2D eigenvalue weighted by Gasteiger charge is 2.68. The Balaban J connectivity index is 1.69. The summed E-state index contributed by atoms with van der Waals surface area (Å²) >= 11 is 0. The summed E-state index contributed by atoms with van der Waals surface area (Å²) in [6, 6.07) is 1.66. The number of benzene rings is 1. The Morgan fingerprint density at radius 2 is 1.77 bits per heavy atom. The predicted molar refractivity (Wildman–Crippen MR) is 131 cm³/mol. The largest absolute Gasteiger partial charge is 0.504 e. The number of hydrogen-bond acceptors (Lipinski definition) is 6. The first kappa shape index (κ1) is 24.5. The number of phenols is 1. The Bertz CT molecular complexity index is 1170. The van der Waals surface area contributed by atoms with E-state index in [1.165, 1.54) is 7.11 Å². The average molecular weight is 483 g/mol. The molecule has 4 aliphatic rings. The molecule has 0 saturated heterocycles. The molecule has 7 atom stereocenters. The fourth-order valence-electron chi connectivity index (χ4n) is 8.76. The average Bonchev–Trinajstić information content (AvgIpc) is 2.82. The Morgan fingerprint density at radius 3 is 2.40 bits per heavy atom. The van der Waals surface area contributed by atoms with Gasteiger partial charge in [0.25, 0.3) is 0 Å². The standard InChI is InChI=1S/C29H38O6/c1-15-11-20-27(3,25(34)23(15)33)8-10-29(5)21-13-18(31)22-16(14-30)24(35-6)19(32)12-17(22)26(21,2)7-9-28(20,29)4/h12-13,15,20,25,30,32,34H,7-11,14H2,1-6H3/t15-,20-,25-,26+,27-,28-,29-/m1/s1. The van der Waals surface area contributed by atoms with Gasteiger partial charge in [-0.25, -0.2) is 0 Å². The van der Waals surface area contributed by atoms with Gasteiger partial charge < -0.3 is 20.1 Å². The molecule has 3 saturated carbocycles. The van der Waals surface area contributed by atoms with Gasteiger partial charge in [0.1, 0.15) is 6.10 Å². The minimum Gasteiger partial charge on any atom is -0.504 e. The number of carbonyl (C=O) groups is 2. The highest BCUT2D eigenvalue weighted by atomic mass is 16.5. The lowest BCUT2D eigenvalue weighted by Crippen LogP contribution is -2.65. The zero-order chi connectivity index (χ0) is 25.7. The van der Waals surface area contributed by atoms with Gasteiger partial charge in [-0.15, -0.1) is 0 Å². The van der Waals surface area contributed by atoms with Crippen LogP contribution < -0.4 is 4.74 Å². The number of aliphatic hydroxyl groups is 2. The van der Waals surface area contributed by atoms with E-state index in [2.05, 4.69) is 27.7 Å². The van der Waals surface area contributed by atoms with Gasteiger partial charge in [0.15, 0.2) is 23.1 Å². The number of fused-ring (bicyclic) bond motifs is 7. The maximum absolute atomic E-state index is 13.6. The van der Waals surface area contributed by atoms with E-state index in [-0.39, 0.29) is 45.7 Å². The van der Waals surface area contributed by atoms with Crippen LogP contribution in [0.3, 0.4) is 0 Å². The minimum atomic E-state index is -0.954. The molecule has 6 heteroatoms. The monoisotopic (exact) mass is 482 g/mol. The van der Waals surface area contributed by atoms with E-state index < -0.39 is 23.5 Å². The molecule has 0 amide bonds. The number of carbonyl (C=O) groups excluding carboxylic acids is 2. The summed E-state index contributed by atoms with van der Waals surface area (Å²) < 4.78 is 5.34. The number of Topliss-reactive ketones (excluding diaryl/α,β-unsaturated/α-hetero) is 1. The summed E-state index contributed by atoms with van der Waals surface area (Å²) in [6.07, 6.45) is 4.71. The molecule has 6 nitrogen and oxygen atoms in total. The molecule has 1 aromatic rings. The van der Waals surface area contributed by atoms with Gasteiger partial charge >= 0.3 is 0 Å². The summed E-state index contributed by atoms with van der Waals surface area (Å²) in [6.45, 7) is 10.3. The highest BCUT2D eigenvalue weighted by molar-refractivity contribution is 6.10. The number of phenolic OH excluding ortho intramolecular Hbond substituents is 1. The molecule has 5 rings (SSSR count). The minimum absolute atomic E-state index is 0.0430. The quantitative estimate of drug-likeness (QED) is 0.575. The lowest BCUT2D eigenvalue weighted by Gasteiger charge is -2.69. The summed E-state index contributed by atoms with van der Waals surface area (Å²) in [5.41, 5.74) is 1.14. The van der Waals surface area contributed by atoms with Crippen LogP contribution in [-0.4, -0.2) is 40.1 Å². The van der Waals surface area contributed by atoms with Crippen LogP contribution in [-0.2, 0) is 16.8 Å². The van der Waals surface area contributed by atoms with E-state index in [4.69, 9.17) is 4.74 Å². The van der Waals surface area contributed by atoms with Gasteiger partial charge in [-0.2, -0.15) is 0 Å². The zero-order valence-corrected chi connectivity index (χ0v) is 21.7. The van der Waals surface area contributed by atoms with Crippen molar-refractivity contribution < 1.29 is 29.6 Å². The smallest absolute Gasteiger partial charge is 0.186 e. The van der Waals surface area contributed by atoms with Gasteiger partial charge in [-0.1, -0.05) is 34.6 Å². The van der Waals surface area contributed by atoms with Crippen molar-refractivity contribution in [2.75, 3.05) is 7.11 Å². The number of rotatable bonds is 2. The number of hydrogen-bond donors (Lipinski definition) is 3. The van der Waals surface area contributed by atoms with Crippen molar-refractivity contribution in [1.29, 1.82) is 0 Å². The van der Waals surface area contributed by atoms with E-state index in [0.717, 1.165) is 36.8 Å². The summed E-state index contributed by atoms with van der Waals surface area (Å²) in [4.78, 5) is 26.4. The van der Waals surface area contributed by atoms with Gasteiger partial charge in [0.2, 0.25) is 0 Å². The molecule has 3 fully saturated rings. The molecule has 0 aromatic heterocycles. The summed E-state index contributed by atoms with van der Waals surface area (Å²) in [5, 5.41) is 32.0. The second kappa shape index (κ2) is 7.42. The molecule has 0 bridgehead atoms. The first-order valence-corrected chi connectivity index (χ1v) is 12.8. The van der Waals surface area contributed by atoms with Crippen LogP contribution >= 0.6 is 0 Å². The summed E-state index contributed by atoms with van der Waals surface area (Å²) in [5.74, 6) is -0.164. The lowest BCUT2D eigenvalue weighted by molar-refractivity contribution is -0.190. The first-order valence-electron chi connectivity index (χ1n) is 12.8. The summed E-state index contributed by atoms with van der Waals surface area (Å²) in [7, 11) is 1.42. The fraction of sp³-hybridized carbons (Fsp3) is 0.655. The fourth-order valence-corrected chi connectivity index (χ4v) is 8.76. The Hall–Kier alpha value is -2.18. The third-order valence-electron chi connectivity index (χ3n) is 11.1. The molecule has 35 heavy (non-hydrogen) atoms. The van der Waals surface area contributed by atoms with Crippen molar-refractivity contribution in [2.24, 2.45) is 28.1 Å². The van der Waals surface area contributed by atoms with Gasteiger partial charge in [-0.05, 0) is 72.1 Å². The Kier molecular flexibility index (Phi) is 5.20. The van der Waals surface area contributed by atoms with Gasteiger partial charge in [0.05, 0.1) is 13.7 Å². The second-order valence-corrected chi connectivity index (χ2v) is 12.5. The molecule has 190 valence electrons. The SMILES string of the molecule is COc1c(O)cc2c(c1CO)C(=O)C=C1[C@@]2(C)CC[C@]2(C)[C@@H]3C[C@@H](C)C(=O)[C@@H](O)[C@]3(C)CC[C@]12C. The number of aliphatic hydroxyl groups excluding tert-OH is 2. The van der Waals surface area contributed by atoms with Crippen LogP contribution in [0.25, 0.3) is 0 Å². The molecule has 0 aliphatic heterocycles. The highest BCUT2D eigenvalue weighted by Crippen LogP contribution is 2.73. The van der Waals surface area contributed by atoms with E-state index in [9.17, 15) is 24.9 Å². The van der Waals surface area contributed by atoms with Crippen LogP contribution in [0.5, 0.6) is 11.5 Å². The van der Waals surface area contributed by atoms with E-state index in [0.29, 0.717) is 17.5 Å². The zero-order valence-electron chi connectivity index (χ0n) is 21.7. The third kappa shape index (κ3) is 2.78. The number of aromatic hydroxyl groups is 1. The molecule has 4 aliphatic carbocycles. The van der Waals surface area contributed by atoms with Crippen LogP contribution in [0, 0.1) is 28.1 Å². The molecule has 0 spiro atoms. The topological polar surface area (TPSA) is 104 Å². The van der Waals surface area contributed by atoms with E-state index >= 15 is 0 Å². The van der Waals surface area contributed by atoms with Crippen molar-refractivity contribution in [1.82, 2.24) is 0 Å². The molecular formula is C29H38O6. The third-order valence-corrected chi connectivity index (χ3v) is 11.1. The Morgan fingerprint density at radius 1 is 1.09 bits per heavy atom. The molecule has 0 unspecified atom stereocenters. The second-order valence-electron chi connectivity index (χ2n) is 12.5. The Labute approximate surface area is 207 Å². The van der Waals surface area contributed by atoms with Gasteiger partial charge in [-0.3, -0.25) is 9.59 Å². The molecular weight excluding hydrogens is 444 g/mol. The number of ketones is 2.